The first-order chi connectivity index (χ1) is 14.2. The molecule has 2 aromatic carbocycles. The Morgan fingerprint density at radius 3 is 2.40 bits per heavy atom. The van der Waals surface area contributed by atoms with Gasteiger partial charge in [0.1, 0.15) is 17.6 Å². The van der Waals surface area contributed by atoms with Crippen molar-refractivity contribution >= 4 is 17.6 Å². The molecule has 2 unspecified atom stereocenters. The van der Waals surface area contributed by atoms with Crippen LogP contribution in [0.4, 0.5) is 14.9 Å². The molecule has 1 saturated heterocycles. The number of benzene rings is 2. The van der Waals surface area contributed by atoms with Crippen LogP contribution in [-0.4, -0.2) is 53.8 Å². The zero-order valence-electron chi connectivity index (χ0n) is 17.2. The molecule has 3 amide bonds. The summed E-state index contributed by atoms with van der Waals surface area (Å²) < 4.78 is 18.3. The molecule has 0 bridgehead atoms. The van der Waals surface area contributed by atoms with Crippen molar-refractivity contribution < 1.29 is 23.8 Å². The zero-order chi connectivity index (χ0) is 21.9. The monoisotopic (exact) mass is 415 g/mol. The molecule has 0 radical (unpaired) electrons. The first-order valence-corrected chi connectivity index (χ1v) is 9.64. The van der Waals surface area contributed by atoms with Gasteiger partial charge >= 0.3 is 6.03 Å². The highest BCUT2D eigenvalue weighted by Gasteiger charge is 2.47. The molecule has 2 aromatic rings. The van der Waals surface area contributed by atoms with Crippen LogP contribution in [0, 0.1) is 5.82 Å². The van der Waals surface area contributed by atoms with E-state index in [1.54, 1.807) is 38.0 Å². The Kier molecular flexibility index (Phi) is 6.26. The van der Waals surface area contributed by atoms with Gasteiger partial charge in [0, 0.05) is 18.2 Å². The van der Waals surface area contributed by atoms with Crippen molar-refractivity contribution in [1.82, 2.24) is 10.2 Å². The number of ether oxygens (including phenoxy) is 1. The molecule has 0 aromatic heterocycles. The second kappa shape index (κ2) is 8.71. The lowest BCUT2D eigenvalue weighted by Gasteiger charge is -2.34. The van der Waals surface area contributed by atoms with E-state index in [1.165, 1.54) is 24.3 Å². The second-order valence-electron chi connectivity index (χ2n) is 7.88. The molecular weight excluding hydrogens is 389 g/mol. The number of nitrogens with zero attached hydrogens (tertiary/aromatic N) is 1. The maximum Gasteiger partial charge on any atom is 0.319 e. The van der Waals surface area contributed by atoms with Gasteiger partial charge in [-0.05, 0) is 55.8 Å². The third-order valence-corrected chi connectivity index (χ3v) is 5.36. The van der Waals surface area contributed by atoms with E-state index in [0.717, 1.165) is 5.56 Å². The fraction of sp³-hybridized carbons (Fsp3) is 0.364. The van der Waals surface area contributed by atoms with Crippen LogP contribution in [0.3, 0.4) is 0 Å². The highest BCUT2D eigenvalue weighted by molar-refractivity contribution is 5.95. The number of anilines is 1. The number of nitrogens with one attached hydrogen (secondary N) is 2. The van der Waals surface area contributed by atoms with Crippen LogP contribution < -0.4 is 15.4 Å². The van der Waals surface area contributed by atoms with E-state index in [4.69, 9.17) is 4.74 Å². The average molecular weight is 415 g/mol. The van der Waals surface area contributed by atoms with Gasteiger partial charge in [0.15, 0.2) is 0 Å². The van der Waals surface area contributed by atoms with Gasteiger partial charge in [-0.25, -0.2) is 9.18 Å². The van der Waals surface area contributed by atoms with Gasteiger partial charge in [-0.2, -0.15) is 0 Å². The molecule has 2 atom stereocenters. The topological polar surface area (TPSA) is 90.9 Å². The summed E-state index contributed by atoms with van der Waals surface area (Å²) in [6.07, 6.45) is 0. The molecule has 1 heterocycles. The Morgan fingerprint density at radius 2 is 1.83 bits per heavy atom. The molecule has 30 heavy (non-hydrogen) atoms. The highest BCUT2D eigenvalue weighted by Crippen LogP contribution is 2.34. The number of likely N-dealkylation sites (tertiary alicyclic amines) is 1. The van der Waals surface area contributed by atoms with Gasteiger partial charge in [0.05, 0.1) is 19.3 Å². The Labute approximate surface area is 174 Å². The van der Waals surface area contributed by atoms with Crippen molar-refractivity contribution in [3.05, 3.63) is 59.9 Å². The largest absolute Gasteiger partial charge is 0.497 e. The van der Waals surface area contributed by atoms with Crippen molar-refractivity contribution in [3.63, 3.8) is 0 Å². The minimum Gasteiger partial charge on any atom is -0.497 e. The first kappa shape index (κ1) is 21.6. The number of hydrogen-bond donors (Lipinski definition) is 3. The summed E-state index contributed by atoms with van der Waals surface area (Å²) in [5.74, 6) is -0.306. The van der Waals surface area contributed by atoms with Crippen LogP contribution in [0.1, 0.15) is 25.3 Å². The second-order valence-corrected chi connectivity index (χ2v) is 7.88. The van der Waals surface area contributed by atoms with Gasteiger partial charge in [-0.1, -0.05) is 12.1 Å². The number of rotatable bonds is 6. The van der Waals surface area contributed by atoms with Crippen LogP contribution >= 0.6 is 0 Å². The molecule has 1 aliphatic heterocycles. The molecule has 0 spiro atoms. The van der Waals surface area contributed by atoms with E-state index < -0.39 is 23.4 Å². The van der Waals surface area contributed by atoms with E-state index in [1.807, 2.05) is 12.1 Å². The number of halogens is 1. The lowest BCUT2D eigenvalue weighted by Crippen LogP contribution is -2.51. The van der Waals surface area contributed by atoms with Crippen LogP contribution in [0.2, 0.25) is 0 Å². The summed E-state index contributed by atoms with van der Waals surface area (Å²) in [5, 5.41) is 15.1. The zero-order valence-corrected chi connectivity index (χ0v) is 17.2. The molecule has 1 aliphatic rings. The van der Waals surface area contributed by atoms with Crippen LogP contribution in [0.5, 0.6) is 5.75 Å². The third kappa shape index (κ3) is 4.54. The Bertz CT molecular complexity index is 900. The van der Waals surface area contributed by atoms with Crippen molar-refractivity contribution in [2.24, 2.45) is 0 Å². The Balaban J connectivity index is 1.83. The Morgan fingerprint density at radius 1 is 1.20 bits per heavy atom. The van der Waals surface area contributed by atoms with E-state index in [2.05, 4.69) is 10.6 Å². The smallest absolute Gasteiger partial charge is 0.319 e. The van der Waals surface area contributed by atoms with E-state index >= 15 is 0 Å². The predicted octanol–water partition coefficient (Wildman–Crippen LogP) is 2.72. The van der Waals surface area contributed by atoms with Gasteiger partial charge in [-0.3, -0.25) is 4.79 Å². The highest BCUT2D eigenvalue weighted by atomic mass is 19.1. The standard InChI is InChI=1S/C22H26FN3O4/c1-22(2,13-27)26-12-18(14-4-10-17(30-3)11-5-14)19(20(26)28)25-21(29)24-16-8-6-15(23)7-9-16/h4-11,18-19,27H,12-13H2,1-3H3,(H2,24,25,29). The molecule has 7 nitrogen and oxygen atoms in total. The number of aliphatic hydroxyl groups is 1. The minimum atomic E-state index is -0.815. The number of carbonyl (C=O) groups is 2. The summed E-state index contributed by atoms with van der Waals surface area (Å²) in [5.41, 5.74) is 0.506. The predicted molar refractivity (Wildman–Crippen MR) is 111 cm³/mol. The molecule has 1 fully saturated rings. The average Bonchev–Trinajstić information content (AvgIpc) is 3.06. The van der Waals surface area contributed by atoms with Gasteiger partial charge in [0.2, 0.25) is 5.91 Å². The summed E-state index contributed by atoms with van der Waals surface area (Å²) in [6.45, 7) is 3.69. The molecule has 8 heteroatoms. The lowest BCUT2D eigenvalue weighted by molar-refractivity contribution is -0.135. The molecule has 0 aliphatic carbocycles. The normalized spacial score (nSPS) is 19.0. The number of amides is 3. The summed E-state index contributed by atoms with van der Waals surface area (Å²) in [4.78, 5) is 27.3. The van der Waals surface area contributed by atoms with Crippen molar-refractivity contribution in [3.8, 4) is 5.75 Å². The van der Waals surface area contributed by atoms with Gasteiger partial charge in [-0.15, -0.1) is 0 Å². The van der Waals surface area contributed by atoms with Crippen LogP contribution in [-0.2, 0) is 4.79 Å². The molecule has 0 saturated carbocycles. The summed E-state index contributed by atoms with van der Waals surface area (Å²) in [6, 6.07) is 11.3. The number of urea groups is 1. The Hall–Kier alpha value is -3.13. The van der Waals surface area contributed by atoms with E-state index in [9.17, 15) is 19.1 Å². The minimum absolute atomic E-state index is 0.206. The molecule has 3 rings (SSSR count). The fourth-order valence-electron chi connectivity index (χ4n) is 3.52. The van der Waals surface area contributed by atoms with Crippen LogP contribution in [0.15, 0.2) is 48.5 Å². The van der Waals surface area contributed by atoms with E-state index in [0.29, 0.717) is 18.0 Å². The number of aliphatic hydroxyl groups excluding tert-OH is 1. The number of carbonyl (C=O) groups excluding carboxylic acids is 2. The fourth-order valence-corrected chi connectivity index (χ4v) is 3.52. The molecule has 3 N–H and O–H groups in total. The van der Waals surface area contributed by atoms with Crippen molar-refractivity contribution in [2.45, 2.75) is 31.3 Å². The maximum absolute atomic E-state index is 13.1. The third-order valence-electron chi connectivity index (χ3n) is 5.36. The van der Waals surface area contributed by atoms with Gasteiger partial charge < -0.3 is 25.4 Å². The van der Waals surface area contributed by atoms with Crippen LogP contribution in [0.25, 0.3) is 0 Å². The summed E-state index contributed by atoms with van der Waals surface area (Å²) in [7, 11) is 1.57. The van der Waals surface area contributed by atoms with Crippen molar-refractivity contribution in [1.29, 1.82) is 0 Å². The number of hydrogen-bond acceptors (Lipinski definition) is 4. The maximum atomic E-state index is 13.1. The summed E-state index contributed by atoms with van der Waals surface area (Å²) >= 11 is 0. The lowest BCUT2D eigenvalue weighted by atomic mass is 9.94. The first-order valence-electron chi connectivity index (χ1n) is 9.64. The van der Waals surface area contributed by atoms with Gasteiger partial charge in [0.25, 0.3) is 0 Å². The quantitative estimate of drug-likeness (QED) is 0.677. The SMILES string of the molecule is COc1ccc(C2CN(C(C)(C)CO)C(=O)C2NC(=O)Nc2ccc(F)cc2)cc1. The molecule has 160 valence electrons. The van der Waals surface area contributed by atoms with Crippen molar-refractivity contribution in [2.75, 3.05) is 25.6 Å². The number of methoxy groups -OCH3 is 1. The van der Waals surface area contributed by atoms with E-state index in [-0.39, 0.29) is 18.4 Å². The molecular formula is C22H26FN3O4.